The molecule has 3 nitrogen and oxygen atoms in total. The third-order valence-electron chi connectivity index (χ3n) is 3.64. The number of likely N-dealkylation sites (tertiary alicyclic amines) is 1. The molecule has 1 unspecified atom stereocenters. The van der Waals surface area contributed by atoms with E-state index < -0.39 is 0 Å². The van der Waals surface area contributed by atoms with Crippen molar-refractivity contribution in [2.24, 2.45) is 0 Å². The van der Waals surface area contributed by atoms with E-state index in [1.54, 1.807) is 0 Å². The normalized spacial score (nSPS) is 24.8. The first kappa shape index (κ1) is 10.8. The maximum absolute atomic E-state index is 12.1. The van der Waals surface area contributed by atoms with Gasteiger partial charge in [-0.3, -0.25) is 9.69 Å². The average Bonchev–Trinajstić information content (AvgIpc) is 3.11. The molecule has 1 atom stereocenters. The second kappa shape index (κ2) is 4.49. The van der Waals surface area contributed by atoms with Gasteiger partial charge in [-0.15, -0.1) is 0 Å². The van der Waals surface area contributed by atoms with Gasteiger partial charge in [-0.1, -0.05) is 18.2 Å². The smallest absolute Gasteiger partial charge is 0.252 e. The highest BCUT2D eigenvalue weighted by Crippen LogP contribution is 2.32. The van der Waals surface area contributed by atoms with Crippen LogP contribution in [0.3, 0.4) is 0 Å². The summed E-state index contributed by atoms with van der Waals surface area (Å²) in [5.74, 6) is 0.0585. The van der Waals surface area contributed by atoms with Crippen molar-refractivity contribution in [2.45, 2.75) is 37.9 Å². The Morgan fingerprint density at radius 2 is 1.94 bits per heavy atom. The summed E-state index contributed by atoms with van der Waals surface area (Å²) in [6.45, 7) is 1.14. The maximum Gasteiger partial charge on any atom is 0.252 e. The summed E-state index contributed by atoms with van der Waals surface area (Å²) < 4.78 is 0. The zero-order valence-corrected chi connectivity index (χ0v) is 9.93. The third-order valence-corrected chi connectivity index (χ3v) is 3.64. The van der Waals surface area contributed by atoms with Crippen LogP contribution in [0, 0.1) is 0 Å². The van der Waals surface area contributed by atoms with Crippen LogP contribution >= 0.6 is 0 Å². The number of carbonyl (C=O) groups is 1. The fraction of sp³-hybridized carbons (Fsp3) is 0.500. The number of rotatable bonds is 3. The zero-order valence-electron chi connectivity index (χ0n) is 9.93. The van der Waals surface area contributed by atoms with Crippen molar-refractivity contribution in [2.75, 3.05) is 6.54 Å². The molecule has 0 bridgehead atoms. The van der Waals surface area contributed by atoms with Crippen LogP contribution in [-0.2, 0) is 0 Å². The number of nitrogens with zero attached hydrogens (tertiary/aromatic N) is 1. The lowest BCUT2D eigenvalue weighted by Gasteiger charge is -2.25. The zero-order chi connectivity index (χ0) is 11.7. The van der Waals surface area contributed by atoms with Crippen molar-refractivity contribution < 1.29 is 4.79 Å². The van der Waals surface area contributed by atoms with Gasteiger partial charge in [0, 0.05) is 18.2 Å². The van der Waals surface area contributed by atoms with E-state index in [1.165, 1.54) is 19.3 Å². The van der Waals surface area contributed by atoms with E-state index in [1.807, 2.05) is 30.3 Å². The quantitative estimate of drug-likeness (QED) is 0.861. The van der Waals surface area contributed by atoms with Crippen molar-refractivity contribution in [3.8, 4) is 0 Å². The minimum Gasteiger partial charge on any atom is -0.336 e. The molecule has 0 aromatic heterocycles. The van der Waals surface area contributed by atoms with E-state index in [4.69, 9.17) is 0 Å². The largest absolute Gasteiger partial charge is 0.336 e. The van der Waals surface area contributed by atoms with Crippen LogP contribution in [0.4, 0.5) is 0 Å². The number of hydrogen-bond donors (Lipinski definition) is 1. The van der Waals surface area contributed by atoms with Crippen LogP contribution in [0.2, 0.25) is 0 Å². The second-order valence-electron chi connectivity index (χ2n) is 4.97. The second-order valence-corrected chi connectivity index (χ2v) is 4.97. The Kier molecular flexibility index (Phi) is 2.85. The molecule has 1 saturated carbocycles. The minimum absolute atomic E-state index is 0.0585. The third kappa shape index (κ3) is 2.34. The molecule has 1 heterocycles. The first-order valence-electron chi connectivity index (χ1n) is 6.46. The number of benzene rings is 1. The number of nitrogens with one attached hydrogen (secondary N) is 1. The SMILES string of the molecule is O=C(NC1CCCN1C1CC1)c1ccccc1. The predicted octanol–water partition coefficient (Wildman–Crippen LogP) is 2.00. The van der Waals surface area contributed by atoms with Crippen LogP contribution in [0.5, 0.6) is 0 Å². The van der Waals surface area contributed by atoms with Crippen LogP contribution < -0.4 is 5.32 Å². The lowest BCUT2D eigenvalue weighted by Crippen LogP contribution is -2.45. The Morgan fingerprint density at radius 1 is 1.18 bits per heavy atom. The van der Waals surface area contributed by atoms with Gasteiger partial charge in [0.25, 0.3) is 5.91 Å². The molecule has 1 amide bonds. The predicted molar refractivity (Wildman–Crippen MR) is 66.7 cm³/mol. The summed E-state index contributed by atoms with van der Waals surface area (Å²) in [5.41, 5.74) is 0.759. The molecule has 1 aromatic carbocycles. The van der Waals surface area contributed by atoms with Gasteiger partial charge in [0.15, 0.2) is 0 Å². The average molecular weight is 230 g/mol. The molecule has 17 heavy (non-hydrogen) atoms. The maximum atomic E-state index is 12.1. The van der Waals surface area contributed by atoms with Crippen LogP contribution in [0.1, 0.15) is 36.0 Å². The Labute approximate surface area is 102 Å². The van der Waals surface area contributed by atoms with E-state index in [0.29, 0.717) is 0 Å². The van der Waals surface area contributed by atoms with Crippen LogP contribution in [0.15, 0.2) is 30.3 Å². The summed E-state index contributed by atoms with van der Waals surface area (Å²) in [6.07, 6.45) is 5.16. The fourth-order valence-corrected chi connectivity index (χ4v) is 2.61. The number of hydrogen-bond acceptors (Lipinski definition) is 2. The molecule has 1 aliphatic carbocycles. The molecule has 2 fully saturated rings. The van der Waals surface area contributed by atoms with Gasteiger partial charge >= 0.3 is 0 Å². The highest BCUT2D eigenvalue weighted by atomic mass is 16.1. The molecule has 1 N–H and O–H groups in total. The van der Waals surface area contributed by atoms with E-state index >= 15 is 0 Å². The van der Waals surface area contributed by atoms with E-state index in [0.717, 1.165) is 24.6 Å². The molecular weight excluding hydrogens is 212 g/mol. The molecular formula is C14H18N2O. The van der Waals surface area contributed by atoms with E-state index in [-0.39, 0.29) is 12.1 Å². The Morgan fingerprint density at radius 3 is 2.65 bits per heavy atom. The van der Waals surface area contributed by atoms with Gasteiger partial charge in [-0.2, -0.15) is 0 Å². The topological polar surface area (TPSA) is 32.3 Å². The minimum atomic E-state index is 0.0585. The van der Waals surface area contributed by atoms with E-state index in [2.05, 4.69) is 10.2 Å². The van der Waals surface area contributed by atoms with Crippen LogP contribution in [-0.4, -0.2) is 29.6 Å². The van der Waals surface area contributed by atoms with Crippen molar-refractivity contribution in [3.63, 3.8) is 0 Å². The summed E-state index contributed by atoms with van der Waals surface area (Å²) in [5, 5.41) is 3.15. The molecule has 1 aliphatic heterocycles. The van der Waals surface area contributed by atoms with Gasteiger partial charge in [0.2, 0.25) is 0 Å². The van der Waals surface area contributed by atoms with Crippen LogP contribution in [0.25, 0.3) is 0 Å². The molecule has 0 spiro atoms. The van der Waals surface area contributed by atoms with Gasteiger partial charge < -0.3 is 5.32 Å². The standard InChI is InChI=1S/C14H18N2O/c17-14(11-5-2-1-3-6-11)15-13-7-4-10-16(13)12-8-9-12/h1-3,5-6,12-13H,4,7-10H2,(H,15,17). The van der Waals surface area contributed by atoms with Crippen molar-refractivity contribution >= 4 is 5.91 Å². The Hall–Kier alpha value is -1.35. The molecule has 1 saturated heterocycles. The van der Waals surface area contributed by atoms with E-state index in [9.17, 15) is 4.79 Å². The van der Waals surface area contributed by atoms with Gasteiger partial charge in [0.05, 0.1) is 6.17 Å². The molecule has 3 heteroatoms. The molecule has 90 valence electrons. The summed E-state index contributed by atoms with van der Waals surface area (Å²) in [7, 11) is 0. The first-order valence-corrected chi connectivity index (χ1v) is 6.46. The van der Waals surface area contributed by atoms with Gasteiger partial charge in [-0.05, 0) is 37.8 Å². The molecule has 0 radical (unpaired) electrons. The van der Waals surface area contributed by atoms with Crippen molar-refractivity contribution in [3.05, 3.63) is 35.9 Å². The Bertz CT molecular complexity index is 400. The summed E-state index contributed by atoms with van der Waals surface area (Å²) in [6, 6.07) is 10.2. The fourth-order valence-electron chi connectivity index (χ4n) is 2.61. The lowest BCUT2D eigenvalue weighted by molar-refractivity contribution is 0.0881. The molecule has 1 aromatic rings. The monoisotopic (exact) mass is 230 g/mol. The molecule has 3 rings (SSSR count). The number of carbonyl (C=O) groups excluding carboxylic acids is 1. The first-order chi connectivity index (χ1) is 8.34. The van der Waals surface area contributed by atoms with Gasteiger partial charge in [0.1, 0.15) is 0 Å². The van der Waals surface area contributed by atoms with Gasteiger partial charge in [-0.25, -0.2) is 0 Å². The summed E-state index contributed by atoms with van der Waals surface area (Å²) in [4.78, 5) is 14.5. The Balaban J connectivity index is 1.64. The van der Waals surface area contributed by atoms with Crippen molar-refractivity contribution in [1.29, 1.82) is 0 Å². The lowest BCUT2D eigenvalue weighted by atomic mass is 10.2. The summed E-state index contributed by atoms with van der Waals surface area (Å²) >= 11 is 0. The number of amides is 1. The molecule has 2 aliphatic rings. The highest BCUT2D eigenvalue weighted by Gasteiger charge is 2.37. The van der Waals surface area contributed by atoms with Crippen molar-refractivity contribution in [1.82, 2.24) is 10.2 Å². The highest BCUT2D eigenvalue weighted by molar-refractivity contribution is 5.94.